The zero-order valence-electron chi connectivity index (χ0n) is 15.9. The van der Waals surface area contributed by atoms with Crippen LogP contribution in [0.15, 0.2) is 67.3 Å². The summed E-state index contributed by atoms with van der Waals surface area (Å²) in [4.78, 5) is 10.5. The van der Waals surface area contributed by atoms with Gasteiger partial charge in [0.15, 0.2) is 5.67 Å². The van der Waals surface area contributed by atoms with Crippen molar-refractivity contribution in [3.05, 3.63) is 95.3 Å². The molecule has 0 aliphatic carbocycles. The third-order valence-electron chi connectivity index (χ3n) is 5.57. The van der Waals surface area contributed by atoms with E-state index in [1.807, 2.05) is 6.92 Å². The molecule has 0 radical (unpaired) electrons. The molecule has 1 fully saturated rings. The molecule has 1 aliphatic heterocycles. The van der Waals surface area contributed by atoms with Crippen molar-refractivity contribution in [3.63, 3.8) is 0 Å². The lowest BCUT2D eigenvalue weighted by Crippen LogP contribution is -2.41. The minimum Gasteiger partial charge on any atom is -0.293 e. The molecule has 0 bridgehead atoms. The Kier molecular flexibility index (Phi) is 5.18. The van der Waals surface area contributed by atoms with Crippen LogP contribution < -0.4 is 0 Å². The molecule has 2 aromatic heterocycles. The largest absolute Gasteiger partial charge is 0.293 e. The zero-order chi connectivity index (χ0) is 19.6. The van der Waals surface area contributed by atoms with Crippen LogP contribution in [0.2, 0.25) is 0 Å². The average Bonchev–Trinajstić information content (AvgIpc) is 3.25. The van der Waals surface area contributed by atoms with Crippen LogP contribution in [0, 0.1) is 12.7 Å². The molecule has 1 unspecified atom stereocenters. The van der Waals surface area contributed by atoms with E-state index in [9.17, 15) is 4.39 Å². The minimum atomic E-state index is -1.87. The summed E-state index contributed by atoms with van der Waals surface area (Å²) in [5.74, 6) is -0.311. The molecule has 4 rings (SSSR count). The molecule has 0 saturated carbocycles. The molecule has 3 nitrogen and oxygen atoms in total. The molecule has 28 heavy (non-hydrogen) atoms. The van der Waals surface area contributed by atoms with E-state index in [1.165, 1.54) is 12.1 Å². The normalized spacial score (nSPS) is 16.2. The van der Waals surface area contributed by atoms with E-state index in [1.54, 1.807) is 55.1 Å². The van der Waals surface area contributed by atoms with E-state index < -0.39 is 11.7 Å². The highest BCUT2D eigenvalue weighted by atomic mass is 19.1. The van der Waals surface area contributed by atoms with E-state index in [-0.39, 0.29) is 5.82 Å². The SMILES string of the molecule is Cc1cc(F)ccc1C(N1CCCC1)C(F)(c1cccnc1)c1cccnc1. The van der Waals surface area contributed by atoms with Gasteiger partial charge in [-0.05, 0) is 68.2 Å². The molecule has 3 aromatic rings. The number of rotatable bonds is 5. The smallest absolute Gasteiger partial charge is 0.183 e. The van der Waals surface area contributed by atoms with Crippen molar-refractivity contribution < 1.29 is 8.78 Å². The van der Waals surface area contributed by atoms with Crippen LogP contribution in [0.1, 0.15) is 41.1 Å². The van der Waals surface area contributed by atoms with Gasteiger partial charge < -0.3 is 0 Å². The third-order valence-corrected chi connectivity index (χ3v) is 5.57. The fourth-order valence-electron chi connectivity index (χ4n) is 4.25. The van der Waals surface area contributed by atoms with Crippen LogP contribution in [0.3, 0.4) is 0 Å². The van der Waals surface area contributed by atoms with Gasteiger partial charge in [0.2, 0.25) is 0 Å². The second-order valence-electron chi connectivity index (χ2n) is 7.34. The summed E-state index contributed by atoms with van der Waals surface area (Å²) in [6.07, 6.45) is 8.48. The summed E-state index contributed by atoms with van der Waals surface area (Å²) >= 11 is 0. The summed E-state index contributed by atoms with van der Waals surface area (Å²) in [7, 11) is 0. The molecule has 1 atom stereocenters. The number of aromatic nitrogens is 2. The Bertz CT molecular complexity index is 886. The second kappa shape index (κ2) is 7.76. The summed E-state index contributed by atoms with van der Waals surface area (Å²) in [6, 6.07) is 11.0. The van der Waals surface area contributed by atoms with E-state index >= 15 is 4.39 Å². The van der Waals surface area contributed by atoms with Crippen LogP contribution in [0.4, 0.5) is 8.78 Å². The Hall–Kier alpha value is -2.66. The summed E-state index contributed by atoms with van der Waals surface area (Å²) in [5, 5.41) is 0. The maximum atomic E-state index is 17.3. The molecular formula is C23H23F2N3. The number of nitrogens with zero attached hydrogens (tertiary/aromatic N) is 3. The maximum Gasteiger partial charge on any atom is 0.183 e. The monoisotopic (exact) mass is 379 g/mol. The highest BCUT2D eigenvalue weighted by Crippen LogP contribution is 2.49. The number of hydrogen-bond donors (Lipinski definition) is 0. The fourth-order valence-corrected chi connectivity index (χ4v) is 4.25. The van der Waals surface area contributed by atoms with Crippen molar-refractivity contribution in [2.75, 3.05) is 13.1 Å². The zero-order valence-corrected chi connectivity index (χ0v) is 15.9. The van der Waals surface area contributed by atoms with Gasteiger partial charge in [-0.2, -0.15) is 0 Å². The van der Waals surface area contributed by atoms with Crippen molar-refractivity contribution >= 4 is 0 Å². The summed E-state index contributed by atoms with van der Waals surface area (Å²) in [5.41, 5.74) is 0.618. The van der Waals surface area contributed by atoms with Gasteiger partial charge in [0, 0.05) is 35.9 Å². The first-order chi connectivity index (χ1) is 13.6. The predicted molar refractivity (Wildman–Crippen MR) is 105 cm³/mol. The van der Waals surface area contributed by atoms with Gasteiger partial charge in [-0.25, -0.2) is 8.78 Å². The molecule has 1 saturated heterocycles. The van der Waals surface area contributed by atoms with Gasteiger partial charge in [-0.15, -0.1) is 0 Å². The quantitative estimate of drug-likeness (QED) is 0.626. The van der Waals surface area contributed by atoms with Crippen molar-refractivity contribution in [2.24, 2.45) is 0 Å². The minimum absolute atomic E-state index is 0.311. The van der Waals surface area contributed by atoms with E-state index in [2.05, 4.69) is 14.9 Å². The lowest BCUT2D eigenvalue weighted by atomic mass is 9.78. The lowest BCUT2D eigenvalue weighted by molar-refractivity contribution is 0.0640. The average molecular weight is 379 g/mol. The van der Waals surface area contributed by atoms with Gasteiger partial charge in [0.25, 0.3) is 0 Å². The molecule has 0 amide bonds. The third kappa shape index (κ3) is 3.31. The van der Waals surface area contributed by atoms with Crippen LogP contribution >= 0.6 is 0 Å². The second-order valence-corrected chi connectivity index (χ2v) is 7.34. The highest BCUT2D eigenvalue weighted by Gasteiger charge is 2.48. The molecule has 3 heterocycles. The van der Waals surface area contributed by atoms with Gasteiger partial charge in [0.05, 0.1) is 6.04 Å². The van der Waals surface area contributed by atoms with Crippen molar-refractivity contribution in [1.82, 2.24) is 14.9 Å². The Morgan fingerprint density at radius 2 is 1.57 bits per heavy atom. The highest BCUT2D eigenvalue weighted by molar-refractivity contribution is 5.42. The summed E-state index contributed by atoms with van der Waals surface area (Å²) < 4.78 is 31.1. The Morgan fingerprint density at radius 1 is 0.964 bits per heavy atom. The standard InChI is InChI=1S/C23H23F2N3/c1-17-14-20(24)8-9-21(17)22(28-12-2-3-13-28)23(25,18-6-4-10-26-15-18)19-7-5-11-27-16-19/h4-11,14-16,22H,2-3,12-13H2,1H3. The van der Waals surface area contributed by atoms with Gasteiger partial charge in [-0.1, -0.05) is 18.2 Å². The van der Waals surface area contributed by atoms with E-state index in [0.29, 0.717) is 11.1 Å². The first kappa shape index (κ1) is 18.7. The number of hydrogen-bond acceptors (Lipinski definition) is 3. The first-order valence-electron chi connectivity index (χ1n) is 9.60. The van der Waals surface area contributed by atoms with Crippen LogP contribution in [-0.4, -0.2) is 28.0 Å². The molecule has 144 valence electrons. The van der Waals surface area contributed by atoms with Crippen molar-refractivity contribution in [1.29, 1.82) is 0 Å². The van der Waals surface area contributed by atoms with E-state index in [4.69, 9.17) is 0 Å². The van der Waals surface area contributed by atoms with E-state index in [0.717, 1.165) is 37.1 Å². The molecule has 0 spiro atoms. The Morgan fingerprint density at radius 3 is 2.07 bits per heavy atom. The van der Waals surface area contributed by atoms with Crippen LogP contribution in [-0.2, 0) is 5.67 Å². The van der Waals surface area contributed by atoms with Crippen molar-refractivity contribution in [2.45, 2.75) is 31.5 Å². The number of benzene rings is 1. The van der Waals surface area contributed by atoms with Crippen molar-refractivity contribution in [3.8, 4) is 0 Å². The first-order valence-corrected chi connectivity index (χ1v) is 9.60. The number of pyridine rings is 2. The molecule has 1 aliphatic rings. The van der Waals surface area contributed by atoms with Gasteiger partial charge >= 0.3 is 0 Å². The number of alkyl halides is 1. The van der Waals surface area contributed by atoms with Gasteiger partial charge in [0.1, 0.15) is 5.82 Å². The predicted octanol–water partition coefficient (Wildman–Crippen LogP) is 4.97. The molecule has 0 N–H and O–H groups in total. The van der Waals surface area contributed by atoms with Crippen LogP contribution in [0.25, 0.3) is 0 Å². The molecule has 5 heteroatoms. The lowest BCUT2D eigenvalue weighted by Gasteiger charge is -2.41. The Labute approximate surface area is 164 Å². The topological polar surface area (TPSA) is 29.0 Å². The van der Waals surface area contributed by atoms with Crippen LogP contribution in [0.5, 0.6) is 0 Å². The Balaban J connectivity index is 1.96. The molecule has 1 aromatic carbocycles. The molecular weight excluding hydrogens is 356 g/mol. The fraction of sp³-hybridized carbons (Fsp3) is 0.304. The van der Waals surface area contributed by atoms with Gasteiger partial charge in [-0.3, -0.25) is 14.9 Å². The summed E-state index contributed by atoms with van der Waals surface area (Å²) in [6.45, 7) is 3.44. The number of aryl methyl sites for hydroxylation is 1. The number of likely N-dealkylation sites (tertiary alicyclic amines) is 1. The number of halogens is 2. The maximum absolute atomic E-state index is 17.3.